The Kier molecular flexibility index (Phi) is 6.43. The summed E-state index contributed by atoms with van der Waals surface area (Å²) in [6, 6.07) is 13.9. The lowest BCUT2D eigenvalue weighted by molar-refractivity contribution is -0.384. The van der Waals surface area contributed by atoms with Crippen molar-refractivity contribution < 1.29 is 14.1 Å². The molecule has 10 nitrogen and oxygen atoms in total. The average molecular weight is 436 g/mol. The Balaban J connectivity index is 2.22. The van der Waals surface area contributed by atoms with Crippen molar-refractivity contribution in [3.8, 4) is 22.5 Å². The van der Waals surface area contributed by atoms with Crippen molar-refractivity contribution in [2.45, 2.75) is 0 Å². The Labute approximate surface area is 185 Å². The predicted molar refractivity (Wildman–Crippen MR) is 125 cm³/mol. The van der Waals surface area contributed by atoms with Gasteiger partial charge in [-0.15, -0.1) is 0 Å². The second-order valence-electron chi connectivity index (χ2n) is 7.39. The molecular formula is C22H24N6O4. The number of hydrazone groups is 1. The van der Waals surface area contributed by atoms with Gasteiger partial charge in [0.15, 0.2) is 0 Å². The van der Waals surface area contributed by atoms with Crippen molar-refractivity contribution in [3.63, 3.8) is 0 Å². The molecule has 166 valence electrons. The van der Waals surface area contributed by atoms with Crippen LogP contribution >= 0.6 is 0 Å². The number of nitrogens with one attached hydrogen (secondary N) is 1. The van der Waals surface area contributed by atoms with Gasteiger partial charge < -0.3 is 20.0 Å². The van der Waals surface area contributed by atoms with Crippen LogP contribution in [0.4, 0.5) is 21.9 Å². The molecule has 2 aromatic carbocycles. The van der Waals surface area contributed by atoms with Gasteiger partial charge in [0, 0.05) is 45.1 Å². The van der Waals surface area contributed by atoms with E-state index in [2.05, 4.69) is 5.10 Å². The van der Waals surface area contributed by atoms with Gasteiger partial charge in [0.2, 0.25) is 5.76 Å². The molecule has 3 aromatic rings. The summed E-state index contributed by atoms with van der Waals surface area (Å²) in [6.45, 7) is 0. The summed E-state index contributed by atoms with van der Waals surface area (Å²) in [7, 11) is 7.66. The monoisotopic (exact) mass is 436 g/mol. The van der Waals surface area contributed by atoms with Crippen LogP contribution in [0.25, 0.3) is 22.5 Å². The van der Waals surface area contributed by atoms with Crippen molar-refractivity contribution >= 4 is 29.3 Å². The second kappa shape index (κ2) is 9.21. The number of furan rings is 1. The van der Waals surface area contributed by atoms with Gasteiger partial charge in [-0.3, -0.25) is 10.1 Å². The van der Waals surface area contributed by atoms with Gasteiger partial charge in [0.25, 0.3) is 0 Å². The highest BCUT2D eigenvalue weighted by Crippen LogP contribution is 2.44. The number of nitrogens with two attached hydrogens (primary N) is 1. The molecule has 0 bridgehead atoms. The number of anilines is 2. The van der Waals surface area contributed by atoms with Gasteiger partial charge in [-0.2, -0.15) is 5.10 Å². The number of nitrogens with zero attached hydrogens (tertiary/aromatic N) is 4. The van der Waals surface area contributed by atoms with E-state index >= 15 is 0 Å². The summed E-state index contributed by atoms with van der Waals surface area (Å²) < 4.78 is 5.90. The fourth-order valence-corrected chi connectivity index (χ4v) is 3.17. The molecule has 0 saturated carbocycles. The van der Waals surface area contributed by atoms with Crippen LogP contribution in [0.1, 0.15) is 5.76 Å². The lowest BCUT2D eigenvalue weighted by atomic mass is 9.99. The van der Waals surface area contributed by atoms with E-state index in [1.165, 1.54) is 0 Å². The third-order valence-electron chi connectivity index (χ3n) is 4.77. The number of rotatable bonds is 7. The number of primary amides is 1. The van der Waals surface area contributed by atoms with E-state index in [0.717, 1.165) is 17.6 Å². The molecule has 0 fully saturated rings. The number of hydrogen-bond donors (Lipinski definition) is 2. The Morgan fingerprint density at radius 2 is 1.50 bits per heavy atom. The van der Waals surface area contributed by atoms with E-state index in [0.29, 0.717) is 22.5 Å². The Hall–Kier alpha value is -4.34. The fourth-order valence-electron chi connectivity index (χ4n) is 3.17. The van der Waals surface area contributed by atoms with Crippen molar-refractivity contribution in [2.24, 2.45) is 10.8 Å². The maximum absolute atomic E-state index is 12.0. The maximum Gasteiger partial charge on any atom is 0.332 e. The number of benzene rings is 2. The minimum Gasteiger partial charge on any atom is -0.447 e. The van der Waals surface area contributed by atoms with E-state index in [-0.39, 0.29) is 11.4 Å². The average Bonchev–Trinajstić information content (AvgIpc) is 3.13. The molecule has 2 amide bonds. The first-order valence-electron chi connectivity index (χ1n) is 9.64. The molecule has 0 aliphatic carbocycles. The zero-order valence-electron chi connectivity index (χ0n) is 18.2. The van der Waals surface area contributed by atoms with Gasteiger partial charge in [-0.1, -0.05) is 12.1 Å². The number of hydrogen-bond acceptors (Lipinski definition) is 7. The topological polar surface area (TPSA) is 130 Å². The van der Waals surface area contributed by atoms with Gasteiger partial charge in [-0.25, -0.2) is 10.2 Å². The minimum atomic E-state index is -0.894. The molecule has 0 radical (unpaired) electrons. The zero-order chi connectivity index (χ0) is 23.4. The molecule has 1 heterocycles. The minimum absolute atomic E-state index is 0.109. The first-order valence-corrected chi connectivity index (χ1v) is 9.64. The molecule has 0 saturated heterocycles. The number of urea groups is 1. The molecule has 32 heavy (non-hydrogen) atoms. The first kappa shape index (κ1) is 22.3. The third-order valence-corrected chi connectivity index (χ3v) is 4.77. The summed E-state index contributed by atoms with van der Waals surface area (Å²) >= 11 is 0. The van der Waals surface area contributed by atoms with Crippen LogP contribution in [0.5, 0.6) is 0 Å². The lowest BCUT2D eigenvalue weighted by Crippen LogP contribution is -2.24. The van der Waals surface area contributed by atoms with Gasteiger partial charge in [-0.05, 0) is 42.0 Å². The first-order chi connectivity index (χ1) is 15.2. The molecule has 10 heteroatoms. The van der Waals surface area contributed by atoms with E-state index < -0.39 is 11.0 Å². The standard InChI is InChI=1S/C22H24N6O4/c1-26(2)16-9-5-14(6-10-16)19-20(28(30)31)18(13-24-25-22(23)29)32-21(19)15-7-11-17(12-8-15)27(3)4/h5-13H,1-4H3,(H3,23,25,29)/b24-13-. The van der Waals surface area contributed by atoms with Crippen molar-refractivity contribution in [3.05, 3.63) is 64.4 Å². The van der Waals surface area contributed by atoms with Crippen molar-refractivity contribution in [1.82, 2.24) is 5.43 Å². The molecule has 0 atom stereocenters. The van der Waals surface area contributed by atoms with Crippen LogP contribution in [-0.4, -0.2) is 45.4 Å². The van der Waals surface area contributed by atoms with E-state index in [9.17, 15) is 14.9 Å². The highest BCUT2D eigenvalue weighted by molar-refractivity contribution is 5.96. The fraction of sp³-hybridized carbons (Fsp3) is 0.182. The molecule has 0 spiro atoms. The van der Waals surface area contributed by atoms with E-state index in [1.54, 1.807) is 12.1 Å². The Bertz CT molecular complexity index is 1150. The normalized spacial score (nSPS) is 10.9. The summed E-state index contributed by atoms with van der Waals surface area (Å²) in [5, 5.41) is 15.7. The van der Waals surface area contributed by atoms with Gasteiger partial charge in [0.1, 0.15) is 11.3 Å². The Morgan fingerprint density at radius 3 is 1.94 bits per heavy atom. The second-order valence-corrected chi connectivity index (χ2v) is 7.39. The number of carbonyl (C=O) groups excluding carboxylic acids is 1. The predicted octanol–water partition coefficient (Wildman–Crippen LogP) is 3.66. The zero-order valence-corrected chi connectivity index (χ0v) is 18.2. The van der Waals surface area contributed by atoms with E-state index in [4.69, 9.17) is 10.2 Å². The van der Waals surface area contributed by atoms with Crippen LogP contribution in [0, 0.1) is 10.1 Å². The summed E-state index contributed by atoms with van der Waals surface area (Å²) in [6.07, 6.45) is 1.07. The molecule has 1 aromatic heterocycles. The molecule has 0 aliphatic heterocycles. The van der Waals surface area contributed by atoms with Crippen LogP contribution < -0.4 is 21.0 Å². The van der Waals surface area contributed by atoms with E-state index in [1.807, 2.05) is 79.8 Å². The van der Waals surface area contributed by atoms with Gasteiger partial charge >= 0.3 is 11.7 Å². The SMILES string of the molecule is CN(C)c1ccc(-c2oc(/C=N\NC(N)=O)c([N+](=O)[O-])c2-c2ccc(N(C)C)cc2)cc1. The van der Waals surface area contributed by atoms with Crippen LogP contribution in [0.3, 0.4) is 0 Å². The number of nitro groups is 1. The smallest absolute Gasteiger partial charge is 0.332 e. The highest BCUT2D eigenvalue weighted by Gasteiger charge is 2.31. The molecule has 3 N–H and O–H groups in total. The van der Waals surface area contributed by atoms with Crippen molar-refractivity contribution in [2.75, 3.05) is 38.0 Å². The van der Waals surface area contributed by atoms with Crippen LogP contribution in [-0.2, 0) is 0 Å². The maximum atomic E-state index is 12.0. The summed E-state index contributed by atoms with van der Waals surface area (Å²) in [4.78, 5) is 26.3. The largest absolute Gasteiger partial charge is 0.447 e. The quantitative estimate of drug-likeness (QED) is 0.330. The van der Waals surface area contributed by atoms with Crippen LogP contribution in [0.2, 0.25) is 0 Å². The molecule has 0 aliphatic rings. The molecule has 3 rings (SSSR count). The summed E-state index contributed by atoms with van der Waals surface area (Å²) in [5.41, 5.74) is 10.3. The number of amides is 2. The van der Waals surface area contributed by atoms with Gasteiger partial charge in [0.05, 0.1) is 11.1 Å². The van der Waals surface area contributed by atoms with Crippen molar-refractivity contribution in [1.29, 1.82) is 0 Å². The molecular weight excluding hydrogens is 412 g/mol. The molecule has 0 unspecified atom stereocenters. The third kappa shape index (κ3) is 4.69. The summed E-state index contributed by atoms with van der Waals surface area (Å²) in [5.74, 6) is 0.210. The lowest BCUT2D eigenvalue weighted by Gasteiger charge is -2.13. The number of carbonyl (C=O) groups is 1. The van der Waals surface area contributed by atoms with Crippen LogP contribution in [0.15, 0.2) is 58.0 Å². The highest BCUT2D eigenvalue weighted by atomic mass is 16.6. The Morgan fingerprint density at radius 1 is 1.00 bits per heavy atom.